The van der Waals surface area contributed by atoms with Crippen molar-refractivity contribution in [2.75, 3.05) is 11.5 Å². The summed E-state index contributed by atoms with van der Waals surface area (Å²) in [7, 11) is -2.96. The molecule has 3 aliphatic heterocycles. The van der Waals surface area contributed by atoms with Gasteiger partial charge in [-0.3, -0.25) is 33.3 Å². The number of ether oxygens (including phenoxy) is 1. The molecule has 5 heterocycles. The molecule has 332 valence electrons. The second-order valence-corrected chi connectivity index (χ2v) is 19.7. The number of amides is 6. The molecule has 6 atom stereocenters. The van der Waals surface area contributed by atoms with Crippen molar-refractivity contribution in [3.8, 4) is 5.75 Å². The first-order valence-electron chi connectivity index (χ1n) is 21.1. The van der Waals surface area contributed by atoms with Crippen LogP contribution in [0.4, 0.5) is 14.9 Å². The zero-order valence-corrected chi connectivity index (χ0v) is 36.7. The second kappa shape index (κ2) is 17.5. The van der Waals surface area contributed by atoms with Gasteiger partial charge in [-0.1, -0.05) is 44.0 Å². The summed E-state index contributed by atoms with van der Waals surface area (Å²) in [5, 5.41) is 5.90. The van der Waals surface area contributed by atoms with E-state index in [1.165, 1.54) is 66.0 Å². The minimum absolute atomic E-state index is 0.0264. The number of rotatable bonds is 13. The Hall–Kier alpha value is -5.71. The second-order valence-electron chi connectivity index (χ2n) is 16.5. The zero-order valence-electron chi connectivity index (χ0n) is 35.0. The maximum absolute atomic E-state index is 16.6. The van der Waals surface area contributed by atoms with Crippen LogP contribution in [0.5, 0.6) is 5.75 Å². The van der Waals surface area contributed by atoms with Crippen molar-refractivity contribution in [2.24, 2.45) is 7.05 Å². The number of halogens is 1. The van der Waals surface area contributed by atoms with E-state index in [0.717, 1.165) is 27.6 Å². The van der Waals surface area contributed by atoms with Crippen LogP contribution >= 0.6 is 18.9 Å². The summed E-state index contributed by atoms with van der Waals surface area (Å²) >= 11 is 1.11. The average molecular weight is 903 g/mol. The number of hydrogen-bond acceptors (Lipinski definition) is 11. The van der Waals surface area contributed by atoms with Gasteiger partial charge in [-0.05, 0) is 99.2 Å². The summed E-state index contributed by atoms with van der Waals surface area (Å²) in [5.41, 5.74) is -1.77. The lowest BCUT2D eigenvalue weighted by Crippen LogP contribution is -2.58. The number of imide groups is 2. The van der Waals surface area contributed by atoms with Crippen LogP contribution in [-0.4, -0.2) is 86.3 Å². The van der Waals surface area contributed by atoms with Crippen LogP contribution in [0.1, 0.15) is 92.8 Å². The predicted octanol–water partition coefficient (Wildman–Crippen LogP) is 6.33. The molecule has 4 aromatic rings. The lowest BCUT2D eigenvalue weighted by atomic mass is 9.99. The van der Waals surface area contributed by atoms with Gasteiger partial charge in [-0.2, -0.15) is 0 Å². The summed E-state index contributed by atoms with van der Waals surface area (Å²) in [4.78, 5) is 99.1. The highest BCUT2D eigenvalue weighted by molar-refractivity contribution is 7.57. The van der Waals surface area contributed by atoms with Crippen LogP contribution < -0.4 is 25.4 Å². The van der Waals surface area contributed by atoms with E-state index in [-0.39, 0.29) is 53.8 Å². The van der Waals surface area contributed by atoms with Crippen LogP contribution in [0.25, 0.3) is 10.1 Å². The molecule has 0 radical (unpaired) electrons. The van der Waals surface area contributed by atoms with E-state index in [1.54, 1.807) is 30.3 Å². The van der Waals surface area contributed by atoms with Crippen molar-refractivity contribution in [1.29, 1.82) is 0 Å². The summed E-state index contributed by atoms with van der Waals surface area (Å²) in [6.45, 7) is 3.37. The number of aryl methyl sites for hydroxylation is 1. The molecule has 2 aromatic heterocycles. The fraction of sp³-hybridized carbons (Fsp3) is 0.432. The van der Waals surface area contributed by atoms with E-state index < -0.39 is 78.3 Å². The molecule has 19 heteroatoms. The highest BCUT2D eigenvalue weighted by atomic mass is 32.1. The van der Waals surface area contributed by atoms with Gasteiger partial charge in [0.25, 0.3) is 23.3 Å². The van der Waals surface area contributed by atoms with Gasteiger partial charge in [-0.15, -0.1) is 11.3 Å². The number of carbonyl (C=O) groups is 6. The van der Waals surface area contributed by atoms with E-state index in [2.05, 4.69) is 10.4 Å². The number of nitrogens with one attached hydrogen (secondary N) is 2. The number of thiophene rings is 1. The van der Waals surface area contributed by atoms with E-state index in [1.807, 2.05) is 6.92 Å². The maximum atomic E-state index is 16.6. The van der Waals surface area contributed by atoms with Crippen LogP contribution in [0.3, 0.4) is 0 Å². The Kier molecular flexibility index (Phi) is 12.2. The van der Waals surface area contributed by atoms with E-state index >= 15 is 4.39 Å². The predicted molar refractivity (Wildman–Crippen MR) is 231 cm³/mol. The molecule has 1 aliphatic carbocycles. The fourth-order valence-electron chi connectivity index (χ4n) is 8.67. The number of carbonyl (C=O) groups excluding carboxylic acids is 6. The third kappa shape index (κ3) is 8.31. The standard InChI is InChI=1S/C44H48FN6O10PS/c1-4-22-60-41(56)26(2)47-62(59,61-31-11-6-5-7-12-31)37(45)27-14-17-34-28(23-27)24-35(63-34)38(53)46-32-13-9-8-10-29-15-16-33(49(29)39(32)54)40(55)51-43(58)50(42(57)44(51)19-20-44)30-18-21-48(3)36(52)25-30/h5-7,11-12,14,17-18,21,23-26,29,32-33,37H,4,8-10,13,15-16,19-20,22H2,1-3H3,(H,46,53)(H,47,59)/t26-,29-,32-,33-,37?,62?/m0/s1. The molecule has 16 nitrogen and oxygen atoms in total. The van der Waals surface area contributed by atoms with Crippen molar-refractivity contribution in [3.63, 3.8) is 0 Å². The van der Waals surface area contributed by atoms with Gasteiger partial charge in [0.15, 0.2) is 0 Å². The number of pyridine rings is 1. The zero-order chi connectivity index (χ0) is 44.8. The van der Waals surface area contributed by atoms with E-state index in [4.69, 9.17) is 9.26 Å². The molecular formula is C44H48FN6O10PS. The number of anilines is 1. The SMILES string of the molecule is CCCOC(=O)[C@H](C)NP(=O)(Oc1ccccc1)C(F)c1ccc2sc(C(=O)N[C@H]3CCCC[C@H]4CC[C@@H](C(=O)N5C(=O)N(c6ccn(C)c(=O)c6)C(=O)C56CC6)N4C3=O)cc2c1. The molecule has 3 saturated heterocycles. The molecule has 63 heavy (non-hydrogen) atoms. The topological polar surface area (TPSA) is 194 Å². The Balaban J connectivity index is 0.999. The third-order valence-electron chi connectivity index (χ3n) is 12.1. The summed E-state index contributed by atoms with van der Waals surface area (Å²) in [5.74, 6) is -5.11. The number of benzene rings is 2. The Morgan fingerprint density at radius 3 is 2.43 bits per heavy atom. The first-order chi connectivity index (χ1) is 30.2. The van der Waals surface area contributed by atoms with Gasteiger partial charge in [-0.25, -0.2) is 24.1 Å². The smallest absolute Gasteiger partial charge is 0.355 e. The monoisotopic (exact) mass is 902 g/mol. The van der Waals surface area contributed by atoms with Crippen LogP contribution in [-0.2, 0) is 35.5 Å². The molecule has 1 spiro atoms. The van der Waals surface area contributed by atoms with Crippen molar-refractivity contribution in [3.05, 3.63) is 93.7 Å². The average Bonchev–Trinajstić information content (AvgIpc) is 3.66. The number of para-hydroxylation sites is 1. The Labute approximate surface area is 366 Å². The number of nitrogens with zero attached hydrogens (tertiary/aromatic N) is 4. The lowest BCUT2D eigenvalue weighted by Gasteiger charge is -2.36. The molecule has 6 amide bonds. The molecule has 8 rings (SSSR count). The highest BCUT2D eigenvalue weighted by Crippen LogP contribution is 2.58. The van der Waals surface area contributed by atoms with Crippen LogP contribution in [0.2, 0.25) is 0 Å². The number of alkyl halides is 1. The Morgan fingerprint density at radius 1 is 0.968 bits per heavy atom. The summed E-state index contributed by atoms with van der Waals surface area (Å²) in [6.07, 6.45) is 5.58. The number of aromatic nitrogens is 1. The first kappa shape index (κ1) is 43.9. The number of fused-ring (bicyclic) bond motifs is 2. The fourth-order valence-corrected chi connectivity index (χ4v) is 11.5. The van der Waals surface area contributed by atoms with Crippen molar-refractivity contribution >= 4 is 70.3 Å². The highest BCUT2D eigenvalue weighted by Gasteiger charge is 2.68. The lowest BCUT2D eigenvalue weighted by molar-refractivity contribution is -0.147. The van der Waals surface area contributed by atoms with Crippen LogP contribution in [0.15, 0.2) is 77.7 Å². The van der Waals surface area contributed by atoms with E-state index in [0.29, 0.717) is 42.2 Å². The Bertz CT molecular complexity index is 2600. The molecule has 4 aliphatic rings. The Morgan fingerprint density at radius 2 is 1.71 bits per heavy atom. The molecule has 2 N–H and O–H groups in total. The van der Waals surface area contributed by atoms with Gasteiger partial charge in [0.1, 0.15) is 29.4 Å². The van der Waals surface area contributed by atoms with Gasteiger partial charge in [0.2, 0.25) is 11.8 Å². The molecule has 1 saturated carbocycles. The normalized spacial score (nSPS) is 22.6. The summed E-state index contributed by atoms with van der Waals surface area (Å²) in [6, 6.07) is 12.3. The van der Waals surface area contributed by atoms with Gasteiger partial charge < -0.3 is 24.0 Å². The number of hydrogen-bond donors (Lipinski definition) is 2. The van der Waals surface area contributed by atoms with Crippen molar-refractivity contribution in [2.45, 2.75) is 107 Å². The molecule has 4 fully saturated rings. The summed E-state index contributed by atoms with van der Waals surface area (Å²) < 4.78 is 43.7. The third-order valence-corrected chi connectivity index (χ3v) is 15.4. The first-order valence-corrected chi connectivity index (χ1v) is 23.7. The van der Waals surface area contributed by atoms with Gasteiger partial charge in [0, 0.05) is 30.1 Å². The molecule has 2 aromatic carbocycles. The van der Waals surface area contributed by atoms with Gasteiger partial charge >= 0.3 is 19.5 Å². The van der Waals surface area contributed by atoms with E-state index in [9.17, 15) is 38.1 Å². The van der Waals surface area contributed by atoms with Crippen LogP contribution in [0, 0.1) is 0 Å². The minimum atomic E-state index is -4.50. The maximum Gasteiger partial charge on any atom is 0.355 e. The van der Waals surface area contributed by atoms with Crippen molar-refractivity contribution in [1.82, 2.24) is 24.8 Å². The molecule has 0 bridgehead atoms. The minimum Gasteiger partial charge on any atom is -0.465 e. The van der Waals surface area contributed by atoms with Gasteiger partial charge in [0.05, 0.1) is 17.2 Å². The molecule has 2 unspecified atom stereocenters. The number of urea groups is 1. The molecular weight excluding hydrogens is 855 g/mol. The quantitative estimate of drug-likeness (QED) is 0.0865. The largest absolute Gasteiger partial charge is 0.465 e. The van der Waals surface area contributed by atoms with Crippen molar-refractivity contribution < 1.29 is 47.0 Å². The number of esters is 1.